The number of furan rings is 1. The number of hydrogen-bond donors (Lipinski definition) is 0. The Morgan fingerprint density at radius 3 is 2.62 bits per heavy atom. The monoisotopic (exact) mass is 174 g/mol. The van der Waals surface area contributed by atoms with Gasteiger partial charge >= 0.3 is 0 Å². The molecule has 13 heavy (non-hydrogen) atoms. The van der Waals surface area contributed by atoms with E-state index in [1.165, 1.54) is 16.5 Å². The summed E-state index contributed by atoms with van der Waals surface area (Å²) in [5.74, 6) is 0.556. The molecular weight excluding hydrogens is 160 g/mol. The summed E-state index contributed by atoms with van der Waals surface area (Å²) in [6.45, 7) is 6.49. The molecule has 0 saturated carbocycles. The van der Waals surface area contributed by atoms with Gasteiger partial charge < -0.3 is 4.42 Å². The highest BCUT2D eigenvalue weighted by Crippen LogP contribution is 2.28. The second-order valence-corrected chi connectivity index (χ2v) is 3.79. The van der Waals surface area contributed by atoms with Crippen molar-refractivity contribution in [3.8, 4) is 0 Å². The van der Waals surface area contributed by atoms with E-state index in [2.05, 4.69) is 39.0 Å². The van der Waals surface area contributed by atoms with E-state index in [-0.39, 0.29) is 0 Å². The number of hydrogen-bond acceptors (Lipinski definition) is 1. The summed E-state index contributed by atoms with van der Waals surface area (Å²) in [5, 5.41) is 1.26. The average Bonchev–Trinajstić information content (AvgIpc) is 2.53. The lowest BCUT2D eigenvalue weighted by molar-refractivity contribution is 0.613. The SMILES string of the molecule is Cc1ccc(C(C)C)c2ccoc12. The highest BCUT2D eigenvalue weighted by molar-refractivity contribution is 5.84. The van der Waals surface area contributed by atoms with E-state index >= 15 is 0 Å². The maximum Gasteiger partial charge on any atom is 0.137 e. The molecule has 1 nitrogen and oxygen atoms in total. The maximum atomic E-state index is 5.44. The first-order valence-electron chi connectivity index (χ1n) is 4.67. The lowest BCUT2D eigenvalue weighted by atomic mass is 9.98. The summed E-state index contributed by atoms with van der Waals surface area (Å²) in [6.07, 6.45) is 1.77. The van der Waals surface area contributed by atoms with Crippen molar-refractivity contribution in [1.29, 1.82) is 0 Å². The van der Waals surface area contributed by atoms with Crippen molar-refractivity contribution >= 4 is 11.0 Å². The molecule has 0 N–H and O–H groups in total. The van der Waals surface area contributed by atoms with Crippen LogP contribution in [0, 0.1) is 6.92 Å². The average molecular weight is 174 g/mol. The van der Waals surface area contributed by atoms with Crippen molar-refractivity contribution in [3.63, 3.8) is 0 Å². The standard InChI is InChI=1S/C12H14O/c1-8(2)10-5-4-9(3)12-11(10)6-7-13-12/h4-8H,1-3H3. The molecule has 1 heteroatoms. The van der Waals surface area contributed by atoms with Crippen LogP contribution in [-0.2, 0) is 0 Å². The van der Waals surface area contributed by atoms with Crippen molar-refractivity contribution in [2.45, 2.75) is 26.7 Å². The van der Waals surface area contributed by atoms with Crippen LogP contribution in [0.2, 0.25) is 0 Å². The lowest BCUT2D eigenvalue weighted by Crippen LogP contribution is -1.88. The van der Waals surface area contributed by atoms with Crippen LogP contribution in [0.5, 0.6) is 0 Å². The van der Waals surface area contributed by atoms with E-state index in [1.807, 2.05) is 0 Å². The third kappa shape index (κ3) is 1.24. The first-order chi connectivity index (χ1) is 6.20. The highest BCUT2D eigenvalue weighted by Gasteiger charge is 2.08. The second-order valence-electron chi connectivity index (χ2n) is 3.79. The zero-order valence-electron chi connectivity index (χ0n) is 8.29. The second kappa shape index (κ2) is 2.91. The van der Waals surface area contributed by atoms with Gasteiger partial charge in [0.05, 0.1) is 6.26 Å². The van der Waals surface area contributed by atoms with E-state index in [9.17, 15) is 0 Å². The van der Waals surface area contributed by atoms with Crippen molar-refractivity contribution < 1.29 is 4.42 Å². The minimum absolute atomic E-state index is 0.556. The predicted molar refractivity (Wildman–Crippen MR) is 55.0 cm³/mol. The van der Waals surface area contributed by atoms with Gasteiger partial charge in [0.1, 0.15) is 5.58 Å². The highest BCUT2D eigenvalue weighted by atomic mass is 16.3. The number of rotatable bonds is 1. The molecule has 0 atom stereocenters. The van der Waals surface area contributed by atoms with Gasteiger partial charge in [-0.15, -0.1) is 0 Å². The minimum atomic E-state index is 0.556. The van der Waals surface area contributed by atoms with Gasteiger partial charge in [-0.1, -0.05) is 26.0 Å². The fourth-order valence-electron chi connectivity index (χ4n) is 1.73. The number of aryl methyl sites for hydroxylation is 1. The van der Waals surface area contributed by atoms with Crippen LogP contribution < -0.4 is 0 Å². The van der Waals surface area contributed by atoms with Crippen molar-refractivity contribution in [2.24, 2.45) is 0 Å². The van der Waals surface area contributed by atoms with E-state index in [1.54, 1.807) is 6.26 Å². The molecule has 0 spiro atoms. The Labute approximate surface area is 78.4 Å². The third-order valence-corrected chi connectivity index (χ3v) is 2.47. The summed E-state index contributed by atoms with van der Waals surface area (Å²) in [4.78, 5) is 0. The molecule has 68 valence electrons. The molecule has 0 fully saturated rings. The Morgan fingerprint density at radius 1 is 1.15 bits per heavy atom. The smallest absolute Gasteiger partial charge is 0.137 e. The first kappa shape index (κ1) is 8.36. The molecule has 0 saturated heterocycles. The Bertz CT molecular complexity index is 424. The Hall–Kier alpha value is -1.24. The molecule has 2 rings (SSSR count). The summed E-state index contributed by atoms with van der Waals surface area (Å²) in [7, 11) is 0. The first-order valence-corrected chi connectivity index (χ1v) is 4.67. The molecular formula is C12H14O. The molecule has 0 aliphatic rings. The van der Waals surface area contributed by atoms with Crippen LogP contribution in [0.3, 0.4) is 0 Å². The summed E-state index contributed by atoms with van der Waals surface area (Å²) < 4.78 is 5.44. The van der Waals surface area contributed by atoms with Gasteiger partial charge in [0, 0.05) is 5.39 Å². The van der Waals surface area contributed by atoms with E-state index in [0.717, 1.165) is 5.58 Å². The number of fused-ring (bicyclic) bond motifs is 1. The molecule has 0 unspecified atom stereocenters. The maximum absolute atomic E-state index is 5.44. The third-order valence-electron chi connectivity index (χ3n) is 2.47. The van der Waals surface area contributed by atoms with E-state index in [4.69, 9.17) is 4.42 Å². The molecule has 2 aromatic rings. The zero-order valence-corrected chi connectivity index (χ0v) is 8.29. The van der Waals surface area contributed by atoms with Gasteiger partial charge in [-0.25, -0.2) is 0 Å². The van der Waals surface area contributed by atoms with Crippen LogP contribution in [0.25, 0.3) is 11.0 Å². The van der Waals surface area contributed by atoms with Crippen LogP contribution in [-0.4, -0.2) is 0 Å². The molecule has 0 radical (unpaired) electrons. The Morgan fingerprint density at radius 2 is 1.92 bits per heavy atom. The topological polar surface area (TPSA) is 13.1 Å². The quantitative estimate of drug-likeness (QED) is 0.639. The zero-order chi connectivity index (χ0) is 9.42. The predicted octanol–water partition coefficient (Wildman–Crippen LogP) is 3.86. The van der Waals surface area contributed by atoms with Crippen LogP contribution >= 0.6 is 0 Å². The van der Waals surface area contributed by atoms with Crippen LogP contribution in [0.1, 0.15) is 30.9 Å². The van der Waals surface area contributed by atoms with Crippen molar-refractivity contribution in [1.82, 2.24) is 0 Å². The van der Waals surface area contributed by atoms with E-state index in [0.29, 0.717) is 5.92 Å². The lowest BCUT2D eigenvalue weighted by Gasteiger charge is -2.07. The summed E-state index contributed by atoms with van der Waals surface area (Å²) in [5.41, 5.74) is 3.62. The fraction of sp³-hybridized carbons (Fsp3) is 0.333. The van der Waals surface area contributed by atoms with Gasteiger partial charge in [0.15, 0.2) is 0 Å². The van der Waals surface area contributed by atoms with Crippen LogP contribution in [0.4, 0.5) is 0 Å². The molecule has 1 aromatic heterocycles. The summed E-state index contributed by atoms with van der Waals surface area (Å²) >= 11 is 0. The van der Waals surface area contributed by atoms with E-state index < -0.39 is 0 Å². The molecule has 0 aliphatic heterocycles. The largest absolute Gasteiger partial charge is 0.464 e. The fourth-order valence-corrected chi connectivity index (χ4v) is 1.73. The number of benzene rings is 1. The molecule has 1 heterocycles. The van der Waals surface area contributed by atoms with Gasteiger partial charge in [0.2, 0.25) is 0 Å². The van der Waals surface area contributed by atoms with Crippen LogP contribution in [0.15, 0.2) is 28.9 Å². The van der Waals surface area contributed by atoms with Crippen molar-refractivity contribution in [2.75, 3.05) is 0 Å². The Balaban J connectivity index is 2.78. The van der Waals surface area contributed by atoms with Crippen molar-refractivity contribution in [3.05, 3.63) is 35.6 Å². The van der Waals surface area contributed by atoms with Gasteiger partial charge in [-0.2, -0.15) is 0 Å². The van der Waals surface area contributed by atoms with Gasteiger partial charge in [0.25, 0.3) is 0 Å². The Kier molecular flexibility index (Phi) is 1.87. The molecule has 0 aliphatic carbocycles. The summed E-state index contributed by atoms with van der Waals surface area (Å²) in [6, 6.07) is 6.37. The molecule has 0 bridgehead atoms. The molecule has 1 aromatic carbocycles. The normalized spacial score (nSPS) is 11.4. The van der Waals surface area contributed by atoms with Gasteiger partial charge in [-0.05, 0) is 30.0 Å². The minimum Gasteiger partial charge on any atom is -0.464 e. The molecule has 0 amide bonds. The van der Waals surface area contributed by atoms with Gasteiger partial charge in [-0.3, -0.25) is 0 Å².